The van der Waals surface area contributed by atoms with Crippen LogP contribution in [0.25, 0.3) is 0 Å². The maximum atomic E-state index is 12.3. The van der Waals surface area contributed by atoms with Gasteiger partial charge in [0.05, 0.1) is 10.8 Å². The van der Waals surface area contributed by atoms with Gasteiger partial charge in [-0.3, -0.25) is 4.79 Å². The molecule has 120 valence electrons. The molecule has 23 heavy (non-hydrogen) atoms. The van der Waals surface area contributed by atoms with Gasteiger partial charge >= 0.3 is 5.97 Å². The van der Waals surface area contributed by atoms with Crippen molar-refractivity contribution < 1.29 is 14.7 Å². The van der Waals surface area contributed by atoms with Crippen LogP contribution in [0.15, 0.2) is 47.4 Å². The lowest BCUT2D eigenvalue weighted by atomic mass is 10.1. The number of nitrogens with one attached hydrogen (secondary N) is 1. The highest BCUT2D eigenvalue weighted by Crippen LogP contribution is 2.25. The number of rotatable bonds is 5. The van der Waals surface area contributed by atoms with Gasteiger partial charge in [0.1, 0.15) is 0 Å². The van der Waals surface area contributed by atoms with E-state index in [1.807, 2.05) is 45.0 Å². The van der Waals surface area contributed by atoms with E-state index < -0.39 is 5.97 Å². The summed E-state index contributed by atoms with van der Waals surface area (Å²) in [6, 6.07) is 12.7. The summed E-state index contributed by atoms with van der Waals surface area (Å²) in [5, 5.41) is 11.6. The Balaban J connectivity index is 2.07. The molecule has 1 atom stereocenters. The van der Waals surface area contributed by atoms with E-state index in [4.69, 9.17) is 5.11 Å². The fourth-order valence-electron chi connectivity index (χ4n) is 2.00. The van der Waals surface area contributed by atoms with Crippen LogP contribution < -0.4 is 5.32 Å². The lowest BCUT2D eigenvalue weighted by Crippen LogP contribution is -2.23. The van der Waals surface area contributed by atoms with E-state index in [0.717, 1.165) is 10.5 Å². The number of hydrogen-bond acceptors (Lipinski definition) is 3. The zero-order valence-corrected chi connectivity index (χ0v) is 14.1. The second-order valence-electron chi connectivity index (χ2n) is 5.40. The highest BCUT2D eigenvalue weighted by atomic mass is 32.2. The van der Waals surface area contributed by atoms with Crippen molar-refractivity contribution in [2.45, 2.75) is 30.9 Å². The lowest BCUT2D eigenvalue weighted by molar-refractivity contribution is -0.115. The topological polar surface area (TPSA) is 66.4 Å². The molecular formula is C18H19NO3S. The maximum Gasteiger partial charge on any atom is 0.335 e. The SMILES string of the molecule is Cc1ccc(SC(C)C(=O)Nc2cc(C(=O)O)ccc2C)cc1. The van der Waals surface area contributed by atoms with Gasteiger partial charge in [-0.1, -0.05) is 23.8 Å². The zero-order valence-electron chi connectivity index (χ0n) is 13.3. The number of hydrogen-bond donors (Lipinski definition) is 2. The Hall–Kier alpha value is -2.27. The number of amides is 1. The Kier molecular flexibility index (Phi) is 5.45. The minimum atomic E-state index is -1.01. The van der Waals surface area contributed by atoms with Crippen LogP contribution >= 0.6 is 11.8 Å². The van der Waals surface area contributed by atoms with Gasteiger partial charge in [0, 0.05) is 10.6 Å². The van der Waals surface area contributed by atoms with E-state index in [2.05, 4.69) is 5.32 Å². The summed E-state index contributed by atoms with van der Waals surface area (Å²) in [6.07, 6.45) is 0. The second-order valence-corrected chi connectivity index (χ2v) is 6.81. The van der Waals surface area contributed by atoms with Crippen LogP contribution in [-0.4, -0.2) is 22.2 Å². The van der Waals surface area contributed by atoms with Crippen LogP contribution in [0.2, 0.25) is 0 Å². The van der Waals surface area contributed by atoms with Crippen molar-refractivity contribution in [2.24, 2.45) is 0 Å². The molecule has 0 aliphatic rings. The summed E-state index contributed by atoms with van der Waals surface area (Å²) in [5.74, 6) is -1.16. The van der Waals surface area contributed by atoms with Gasteiger partial charge in [-0.05, 0) is 50.6 Å². The third-order valence-corrected chi connectivity index (χ3v) is 4.56. The van der Waals surface area contributed by atoms with Crippen LogP contribution in [0.4, 0.5) is 5.69 Å². The molecule has 5 heteroatoms. The van der Waals surface area contributed by atoms with Crippen LogP contribution in [0.5, 0.6) is 0 Å². The van der Waals surface area contributed by atoms with E-state index in [1.165, 1.54) is 29.5 Å². The Morgan fingerprint density at radius 1 is 1.09 bits per heavy atom. The van der Waals surface area contributed by atoms with E-state index in [9.17, 15) is 9.59 Å². The van der Waals surface area contributed by atoms with Gasteiger partial charge in [-0.25, -0.2) is 4.79 Å². The number of benzene rings is 2. The van der Waals surface area contributed by atoms with Gasteiger partial charge in [0.2, 0.25) is 5.91 Å². The van der Waals surface area contributed by atoms with Gasteiger partial charge in [0.25, 0.3) is 0 Å². The van der Waals surface area contributed by atoms with Gasteiger partial charge in [-0.15, -0.1) is 11.8 Å². The van der Waals surface area contributed by atoms with Crippen molar-refractivity contribution in [3.05, 3.63) is 59.2 Å². The molecule has 2 rings (SSSR count). The standard InChI is InChI=1S/C18H19NO3S/c1-11-4-8-15(9-5-11)23-13(3)17(20)19-16-10-14(18(21)22)7-6-12(16)2/h4-10,13H,1-3H3,(H,19,20)(H,21,22). The quantitative estimate of drug-likeness (QED) is 0.810. The summed E-state index contributed by atoms with van der Waals surface area (Å²) in [5.41, 5.74) is 2.69. The van der Waals surface area contributed by atoms with E-state index in [1.54, 1.807) is 6.07 Å². The molecule has 0 aliphatic heterocycles. The highest BCUT2D eigenvalue weighted by Gasteiger charge is 2.16. The summed E-state index contributed by atoms with van der Waals surface area (Å²) < 4.78 is 0. The fraction of sp³-hybridized carbons (Fsp3) is 0.222. The number of carbonyl (C=O) groups is 2. The first-order chi connectivity index (χ1) is 10.9. The minimum Gasteiger partial charge on any atom is -0.478 e. The van der Waals surface area contributed by atoms with Crippen LogP contribution in [0.1, 0.15) is 28.4 Å². The molecule has 1 unspecified atom stereocenters. The smallest absolute Gasteiger partial charge is 0.335 e. The monoisotopic (exact) mass is 329 g/mol. The van der Waals surface area contributed by atoms with Crippen molar-refractivity contribution in [3.63, 3.8) is 0 Å². The van der Waals surface area contributed by atoms with Crippen molar-refractivity contribution in [1.82, 2.24) is 0 Å². The number of thioether (sulfide) groups is 1. The van der Waals surface area contributed by atoms with Gasteiger partial charge in [-0.2, -0.15) is 0 Å². The summed E-state index contributed by atoms with van der Waals surface area (Å²) in [6.45, 7) is 5.68. The first-order valence-electron chi connectivity index (χ1n) is 7.25. The Morgan fingerprint density at radius 2 is 1.74 bits per heavy atom. The van der Waals surface area contributed by atoms with Crippen LogP contribution in [-0.2, 0) is 4.79 Å². The summed E-state index contributed by atoms with van der Waals surface area (Å²) >= 11 is 1.47. The molecule has 0 aromatic heterocycles. The number of carboxylic acid groups (broad SMARTS) is 1. The third kappa shape index (κ3) is 4.60. The van der Waals surface area contributed by atoms with Crippen molar-refractivity contribution in [1.29, 1.82) is 0 Å². The predicted octanol–water partition coefficient (Wildman–Crippen LogP) is 4.12. The molecule has 0 aliphatic carbocycles. The molecule has 1 amide bonds. The molecule has 0 heterocycles. The Labute approximate surface area is 139 Å². The fourth-order valence-corrected chi connectivity index (χ4v) is 2.87. The normalized spacial score (nSPS) is 11.8. The van der Waals surface area contributed by atoms with Crippen molar-refractivity contribution in [2.75, 3.05) is 5.32 Å². The molecule has 2 aromatic rings. The first kappa shape index (κ1) is 17.1. The average Bonchev–Trinajstić information content (AvgIpc) is 2.51. The Bertz CT molecular complexity index is 726. The maximum absolute atomic E-state index is 12.3. The number of aromatic carboxylic acids is 1. The van der Waals surface area contributed by atoms with E-state index in [0.29, 0.717) is 5.69 Å². The predicted molar refractivity (Wildman–Crippen MR) is 93.3 cm³/mol. The molecule has 0 radical (unpaired) electrons. The summed E-state index contributed by atoms with van der Waals surface area (Å²) in [4.78, 5) is 24.4. The molecule has 0 saturated heterocycles. The molecule has 2 aromatic carbocycles. The molecule has 0 fully saturated rings. The Morgan fingerprint density at radius 3 is 2.35 bits per heavy atom. The van der Waals surface area contributed by atoms with Crippen molar-refractivity contribution >= 4 is 29.3 Å². The van der Waals surface area contributed by atoms with Crippen LogP contribution in [0, 0.1) is 13.8 Å². The molecule has 4 nitrogen and oxygen atoms in total. The average molecular weight is 329 g/mol. The number of carbonyl (C=O) groups excluding carboxylic acids is 1. The molecule has 0 saturated carbocycles. The van der Waals surface area contributed by atoms with E-state index in [-0.39, 0.29) is 16.7 Å². The highest BCUT2D eigenvalue weighted by molar-refractivity contribution is 8.00. The first-order valence-corrected chi connectivity index (χ1v) is 8.13. The van der Waals surface area contributed by atoms with Gasteiger partial charge < -0.3 is 10.4 Å². The van der Waals surface area contributed by atoms with Crippen molar-refractivity contribution in [3.8, 4) is 0 Å². The number of anilines is 1. The molecule has 0 spiro atoms. The zero-order chi connectivity index (χ0) is 17.0. The second kappa shape index (κ2) is 7.33. The number of carboxylic acids is 1. The van der Waals surface area contributed by atoms with E-state index >= 15 is 0 Å². The summed E-state index contributed by atoms with van der Waals surface area (Å²) in [7, 11) is 0. The molecule has 2 N–H and O–H groups in total. The third-order valence-electron chi connectivity index (χ3n) is 3.45. The largest absolute Gasteiger partial charge is 0.478 e. The number of aryl methyl sites for hydroxylation is 2. The van der Waals surface area contributed by atoms with Gasteiger partial charge in [0.15, 0.2) is 0 Å². The van der Waals surface area contributed by atoms with Crippen LogP contribution in [0.3, 0.4) is 0 Å². The minimum absolute atomic E-state index is 0.152. The molecule has 0 bridgehead atoms. The lowest BCUT2D eigenvalue weighted by Gasteiger charge is -2.14. The molecular weight excluding hydrogens is 310 g/mol.